The van der Waals surface area contributed by atoms with Crippen molar-refractivity contribution in [3.05, 3.63) is 53.9 Å². The summed E-state index contributed by atoms with van der Waals surface area (Å²) in [6.45, 7) is 0.437. The maximum absolute atomic E-state index is 12.9. The van der Waals surface area contributed by atoms with Gasteiger partial charge in [-0.1, -0.05) is 0 Å². The second-order valence-corrected chi connectivity index (χ2v) is 5.04. The summed E-state index contributed by atoms with van der Waals surface area (Å²) < 4.78 is 38.7. The van der Waals surface area contributed by atoms with Gasteiger partial charge in [0.05, 0.1) is 12.2 Å². The molecule has 0 unspecified atom stereocenters. The highest BCUT2D eigenvalue weighted by atomic mass is 19.4. The van der Waals surface area contributed by atoms with Crippen LogP contribution in [0, 0.1) is 0 Å². The summed E-state index contributed by atoms with van der Waals surface area (Å²) in [6.07, 6.45) is -3.71. The number of aliphatic hydroxyl groups excluding tert-OH is 1. The van der Waals surface area contributed by atoms with E-state index in [9.17, 15) is 18.0 Å². The molecule has 5 nitrogen and oxygen atoms in total. The van der Waals surface area contributed by atoms with Crippen molar-refractivity contribution in [3.63, 3.8) is 0 Å². The van der Waals surface area contributed by atoms with Crippen molar-refractivity contribution in [2.75, 3.05) is 30.4 Å². The van der Waals surface area contributed by atoms with E-state index in [0.29, 0.717) is 12.2 Å². The predicted molar refractivity (Wildman–Crippen MR) is 84.0 cm³/mol. The minimum Gasteiger partial charge on any atom is -0.395 e. The van der Waals surface area contributed by atoms with Crippen molar-refractivity contribution in [2.45, 2.75) is 6.18 Å². The maximum atomic E-state index is 12.9. The molecule has 0 bridgehead atoms. The molecule has 1 heterocycles. The Morgan fingerprint density at radius 1 is 1.25 bits per heavy atom. The molecule has 2 aromatic rings. The first-order valence-corrected chi connectivity index (χ1v) is 7.08. The van der Waals surface area contributed by atoms with Crippen molar-refractivity contribution in [1.82, 2.24) is 4.98 Å². The van der Waals surface area contributed by atoms with Crippen LogP contribution in [0.2, 0.25) is 0 Å². The molecule has 0 spiro atoms. The van der Waals surface area contributed by atoms with E-state index in [-0.39, 0.29) is 6.61 Å². The standard InChI is InChI=1S/C16H16F3N3O2/c1-22(9-10-23)12-6-4-11(5-7-12)21-15(24)13-3-2-8-20-14(13)16(17,18)19/h2-8,23H,9-10H2,1H3,(H,21,24). The highest BCUT2D eigenvalue weighted by Gasteiger charge is 2.36. The number of benzene rings is 1. The number of nitrogens with one attached hydrogen (secondary N) is 1. The number of amides is 1. The van der Waals surface area contributed by atoms with Crippen LogP contribution in [0.25, 0.3) is 0 Å². The number of carbonyl (C=O) groups is 1. The Kier molecular flexibility index (Phi) is 5.40. The van der Waals surface area contributed by atoms with Crippen LogP contribution in [0.4, 0.5) is 24.5 Å². The first-order chi connectivity index (χ1) is 11.3. The lowest BCUT2D eigenvalue weighted by Crippen LogP contribution is -2.21. The summed E-state index contributed by atoms with van der Waals surface area (Å²) >= 11 is 0. The second-order valence-electron chi connectivity index (χ2n) is 5.04. The topological polar surface area (TPSA) is 65.5 Å². The van der Waals surface area contributed by atoms with Crippen molar-refractivity contribution >= 4 is 17.3 Å². The van der Waals surface area contributed by atoms with Crippen LogP contribution in [-0.4, -0.2) is 36.2 Å². The molecule has 0 aliphatic heterocycles. The van der Waals surface area contributed by atoms with Gasteiger partial charge in [0.2, 0.25) is 0 Å². The van der Waals surface area contributed by atoms with Crippen LogP contribution in [0.3, 0.4) is 0 Å². The highest BCUT2D eigenvalue weighted by molar-refractivity contribution is 6.05. The number of aliphatic hydroxyl groups is 1. The van der Waals surface area contributed by atoms with Crippen molar-refractivity contribution in [1.29, 1.82) is 0 Å². The third-order valence-corrected chi connectivity index (χ3v) is 3.32. The number of aromatic nitrogens is 1. The summed E-state index contributed by atoms with van der Waals surface area (Å²) in [7, 11) is 1.79. The van der Waals surface area contributed by atoms with Gasteiger partial charge in [-0.25, -0.2) is 0 Å². The lowest BCUT2D eigenvalue weighted by atomic mass is 10.1. The zero-order valence-electron chi connectivity index (χ0n) is 12.8. The van der Waals surface area contributed by atoms with Crippen LogP contribution in [0.1, 0.15) is 16.1 Å². The van der Waals surface area contributed by atoms with Crippen LogP contribution in [0.15, 0.2) is 42.6 Å². The van der Waals surface area contributed by atoms with Crippen LogP contribution < -0.4 is 10.2 Å². The van der Waals surface area contributed by atoms with E-state index in [2.05, 4.69) is 10.3 Å². The predicted octanol–water partition coefficient (Wildman–Crippen LogP) is 2.78. The van der Waals surface area contributed by atoms with E-state index >= 15 is 0 Å². The van der Waals surface area contributed by atoms with Gasteiger partial charge < -0.3 is 15.3 Å². The van der Waals surface area contributed by atoms with Gasteiger partial charge in [-0.3, -0.25) is 9.78 Å². The molecule has 0 aliphatic carbocycles. The highest BCUT2D eigenvalue weighted by Crippen LogP contribution is 2.30. The fourth-order valence-electron chi connectivity index (χ4n) is 2.09. The fourth-order valence-corrected chi connectivity index (χ4v) is 2.09. The van der Waals surface area contributed by atoms with Gasteiger partial charge in [0.1, 0.15) is 0 Å². The van der Waals surface area contributed by atoms with E-state index < -0.39 is 23.3 Å². The van der Waals surface area contributed by atoms with E-state index in [4.69, 9.17) is 5.11 Å². The molecule has 0 saturated carbocycles. The summed E-state index contributed by atoms with van der Waals surface area (Å²) in [4.78, 5) is 17.2. The number of hydrogen-bond acceptors (Lipinski definition) is 4. The lowest BCUT2D eigenvalue weighted by molar-refractivity contribution is -0.141. The van der Waals surface area contributed by atoms with Gasteiger partial charge in [0.25, 0.3) is 5.91 Å². The number of likely N-dealkylation sites (N-methyl/N-ethyl adjacent to an activating group) is 1. The van der Waals surface area contributed by atoms with E-state index in [1.54, 1.807) is 36.2 Å². The van der Waals surface area contributed by atoms with E-state index in [1.165, 1.54) is 6.07 Å². The molecule has 0 saturated heterocycles. The molecule has 8 heteroatoms. The van der Waals surface area contributed by atoms with Crippen LogP contribution >= 0.6 is 0 Å². The number of carbonyl (C=O) groups excluding carboxylic acids is 1. The molecule has 128 valence electrons. The largest absolute Gasteiger partial charge is 0.434 e. The minimum atomic E-state index is -4.70. The summed E-state index contributed by atoms with van der Waals surface area (Å²) in [6, 6.07) is 8.89. The first kappa shape index (κ1) is 17.7. The molecule has 2 N–H and O–H groups in total. The molecule has 24 heavy (non-hydrogen) atoms. The fraction of sp³-hybridized carbons (Fsp3) is 0.250. The Balaban J connectivity index is 2.16. The normalized spacial score (nSPS) is 11.2. The third-order valence-electron chi connectivity index (χ3n) is 3.32. The van der Waals surface area contributed by atoms with Gasteiger partial charge in [-0.15, -0.1) is 0 Å². The Morgan fingerprint density at radius 3 is 2.50 bits per heavy atom. The van der Waals surface area contributed by atoms with Gasteiger partial charge in [0, 0.05) is 31.2 Å². The zero-order chi connectivity index (χ0) is 17.7. The molecule has 2 rings (SSSR count). The molecule has 1 amide bonds. The quantitative estimate of drug-likeness (QED) is 0.879. The minimum absolute atomic E-state index is 0.00376. The number of hydrogen-bond donors (Lipinski definition) is 2. The van der Waals surface area contributed by atoms with Crippen molar-refractivity contribution in [2.24, 2.45) is 0 Å². The number of nitrogens with zero attached hydrogens (tertiary/aromatic N) is 2. The number of halogens is 3. The second kappa shape index (κ2) is 7.31. The smallest absolute Gasteiger partial charge is 0.395 e. The van der Waals surface area contributed by atoms with E-state index in [0.717, 1.165) is 18.0 Å². The van der Waals surface area contributed by atoms with Crippen LogP contribution in [0.5, 0.6) is 0 Å². The maximum Gasteiger partial charge on any atom is 0.434 e. The molecule has 0 fully saturated rings. The SMILES string of the molecule is CN(CCO)c1ccc(NC(=O)c2cccnc2C(F)(F)F)cc1. The molecule has 1 aromatic heterocycles. The third kappa shape index (κ3) is 4.23. The average Bonchev–Trinajstić information content (AvgIpc) is 2.55. The Labute approximate surface area is 136 Å². The first-order valence-electron chi connectivity index (χ1n) is 7.08. The van der Waals surface area contributed by atoms with E-state index in [1.807, 2.05) is 0 Å². The number of pyridine rings is 1. The number of anilines is 2. The van der Waals surface area contributed by atoms with Gasteiger partial charge >= 0.3 is 6.18 Å². The van der Waals surface area contributed by atoms with Crippen molar-refractivity contribution < 1.29 is 23.1 Å². The molecule has 0 radical (unpaired) electrons. The molecular formula is C16H16F3N3O2. The zero-order valence-corrected chi connectivity index (χ0v) is 12.8. The monoisotopic (exact) mass is 339 g/mol. The summed E-state index contributed by atoms with van der Waals surface area (Å²) in [5.74, 6) is -0.883. The summed E-state index contributed by atoms with van der Waals surface area (Å²) in [5, 5.41) is 11.3. The van der Waals surface area contributed by atoms with Gasteiger partial charge in [0.15, 0.2) is 5.69 Å². The van der Waals surface area contributed by atoms with Gasteiger partial charge in [-0.05, 0) is 36.4 Å². The average molecular weight is 339 g/mol. The Bertz CT molecular complexity index is 702. The lowest BCUT2D eigenvalue weighted by Gasteiger charge is -2.18. The molecule has 0 aliphatic rings. The number of alkyl halides is 3. The molecular weight excluding hydrogens is 323 g/mol. The Morgan fingerprint density at radius 2 is 1.92 bits per heavy atom. The molecule has 1 aromatic carbocycles. The van der Waals surface area contributed by atoms with Gasteiger partial charge in [-0.2, -0.15) is 13.2 Å². The van der Waals surface area contributed by atoms with Crippen molar-refractivity contribution in [3.8, 4) is 0 Å². The summed E-state index contributed by atoms with van der Waals surface area (Å²) in [5.41, 5.74) is -0.592. The number of rotatable bonds is 5. The molecule has 0 atom stereocenters. The van der Waals surface area contributed by atoms with Crippen LogP contribution in [-0.2, 0) is 6.18 Å². The Hall–Kier alpha value is -2.61.